The van der Waals surface area contributed by atoms with Gasteiger partial charge in [-0.25, -0.2) is 0 Å². The van der Waals surface area contributed by atoms with Crippen LogP contribution in [0.15, 0.2) is 24.3 Å². The zero-order valence-corrected chi connectivity index (χ0v) is 11.8. The SMILES string of the molecule is CCc1ccccc1NC(=O)[C@H]1CCCC[C@H]1C(=O)O. The number of anilines is 1. The molecule has 0 spiro atoms. The van der Waals surface area contributed by atoms with E-state index >= 15 is 0 Å². The Morgan fingerprint density at radius 3 is 2.50 bits per heavy atom. The molecule has 0 heterocycles. The lowest BCUT2D eigenvalue weighted by Crippen LogP contribution is -2.36. The Balaban J connectivity index is 2.12. The molecule has 1 aromatic rings. The van der Waals surface area contributed by atoms with Crippen LogP contribution >= 0.6 is 0 Å². The van der Waals surface area contributed by atoms with Gasteiger partial charge < -0.3 is 10.4 Å². The lowest BCUT2D eigenvalue weighted by Gasteiger charge is -2.27. The van der Waals surface area contributed by atoms with E-state index in [1.54, 1.807) is 0 Å². The highest BCUT2D eigenvalue weighted by molar-refractivity contribution is 5.95. The van der Waals surface area contributed by atoms with E-state index in [2.05, 4.69) is 5.32 Å². The molecule has 0 unspecified atom stereocenters. The summed E-state index contributed by atoms with van der Waals surface area (Å²) in [4.78, 5) is 23.6. The molecule has 1 aromatic carbocycles. The van der Waals surface area contributed by atoms with Gasteiger partial charge >= 0.3 is 5.97 Å². The first-order valence-corrected chi connectivity index (χ1v) is 7.25. The maximum atomic E-state index is 12.4. The molecule has 4 heteroatoms. The molecule has 1 aliphatic carbocycles. The third kappa shape index (κ3) is 3.18. The average molecular weight is 275 g/mol. The van der Waals surface area contributed by atoms with Crippen molar-refractivity contribution in [2.45, 2.75) is 39.0 Å². The molecule has 108 valence electrons. The number of hydrogen-bond donors (Lipinski definition) is 2. The molecule has 0 aromatic heterocycles. The van der Waals surface area contributed by atoms with Crippen LogP contribution in [0.1, 0.15) is 38.2 Å². The van der Waals surface area contributed by atoms with Crippen LogP contribution < -0.4 is 5.32 Å². The van der Waals surface area contributed by atoms with E-state index in [9.17, 15) is 14.7 Å². The Hall–Kier alpha value is -1.84. The summed E-state index contributed by atoms with van der Waals surface area (Å²) in [6.07, 6.45) is 3.92. The van der Waals surface area contributed by atoms with Crippen molar-refractivity contribution in [3.63, 3.8) is 0 Å². The zero-order valence-electron chi connectivity index (χ0n) is 11.8. The second-order valence-electron chi connectivity index (χ2n) is 5.34. The second kappa shape index (κ2) is 6.55. The topological polar surface area (TPSA) is 66.4 Å². The first kappa shape index (κ1) is 14.6. The summed E-state index contributed by atoms with van der Waals surface area (Å²) in [7, 11) is 0. The number of carboxylic acid groups (broad SMARTS) is 1. The van der Waals surface area contributed by atoms with E-state index in [4.69, 9.17) is 0 Å². The van der Waals surface area contributed by atoms with Crippen LogP contribution in [0.3, 0.4) is 0 Å². The fourth-order valence-corrected chi connectivity index (χ4v) is 2.92. The number of hydrogen-bond acceptors (Lipinski definition) is 2. The van der Waals surface area contributed by atoms with Gasteiger partial charge in [0, 0.05) is 5.69 Å². The van der Waals surface area contributed by atoms with Gasteiger partial charge in [0.05, 0.1) is 11.8 Å². The number of carboxylic acids is 1. The number of para-hydroxylation sites is 1. The van der Waals surface area contributed by atoms with Gasteiger partial charge in [-0.1, -0.05) is 38.0 Å². The first-order valence-electron chi connectivity index (χ1n) is 7.25. The molecular weight excluding hydrogens is 254 g/mol. The Labute approximate surface area is 119 Å². The van der Waals surface area contributed by atoms with Crippen LogP contribution in [0.25, 0.3) is 0 Å². The van der Waals surface area contributed by atoms with Gasteiger partial charge in [0.2, 0.25) is 5.91 Å². The van der Waals surface area contributed by atoms with E-state index in [-0.39, 0.29) is 5.91 Å². The first-order chi connectivity index (χ1) is 9.63. The Bertz CT molecular complexity index is 498. The van der Waals surface area contributed by atoms with Crippen LogP contribution in [-0.2, 0) is 16.0 Å². The van der Waals surface area contributed by atoms with E-state index in [0.717, 1.165) is 30.5 Å². The summed E-state index contributed by atoms with van der Waals surface area (Å²) in [6.45, 7) is 2.03. The Morgan fingerprint density at radius 1 is 1.20 bits per heavy atom. The molecule has 4 nitrogen and oxygen atoms in total. The van der Waals surface area contributed by atoms with E-state index < -0.39 is 17.8 Å². The van der Waals surface area contributed by atoms with Gasteiger partial charge in [-0.2, -0.15) is 0 Å². The smallest absolute Gasteiger partial charge is 0.307 e. The predicted octanol–water partition coefficient (Wildman–Crippen LogP) is 3.08. The van der Waals surface area contributed by atoms with Gasteiger partial charge in [0.15, 0.2) is 0 Å². The maximum Gasteiger partial charge on any atom is 0.307 e. The number of rotatable bonds is 4. The van der Waals surface area contributed by atoms with Gasteiger partial charge in [-0.15, -0.1) is 0 Å². The minimum absolute atomic E-state index is 0.155. The largest absolute Gasteiger partial charge is 0.481 e. The van der Waals surface area contributed by atoms with Crippen molar-refractivity contribution in [1.29, 1.82) is 0 Å². The number of carbonyl (C=O) groups excluding carboxylic acids is 1. The molecule has 0 bridgehead atoms. The predicted molar refractivity (Wildman–Crippen MR) is 77.5 cm³/mol. The van der Waals surface area contributed by atoms with Gasteiger partial charge in [0.25, 0.3) is 0 Å². The fraction of sp³-hybridized carbons (Fsp3) is 0.500. The van der Waals surface area contributed by atoms with Crippen LogP contribution in [0.2, 0.25) is 0 Å². The minimum atomic E-state index is -0.853. The molecule has 0 saturated heterocycles. The number of benzene rings is 1. The monoisotopic (exact) mass is 275 g/mol. The third-order valence-electron chi connectivity index (χ3n) is 4.08. The Kier molecular flexibility index (Phi) is 4.77. The average Bonchev–Trinajstić information content (AvgIpc) is 2.47. The van der Waals surface area contributed by atoms with Crippen molar-refractivity contribution in [3.8, 4) is 0 Å². The van der Waals surface area contributed by atoms with Gasteiger partial charge in [-0.05, 0) is 30.9 Å². The second-order valence-corrected chi connectivity index (χ2v) is 5.34. The van der Waals surface area contributed by atoms with Crippen molar-refractivity contribution in [1.82, 2.24) is 0 Å². The molecule has 2 atom stereocenters. The van der Waals surface area contributed by atoms with Crippen molar-refractivity contribution in [2.24, 2.45) is 11.8 Å². The van der Waals surface area contributed by atoms with Crippen LogP contribution in [0.4, 0.5) is 5.69 Å². The molecule has 1 fully saturated rings. The van der Waals surface area contributed by atoms with E-state index in [0.29, 0.717) is 12.8 Å². The maximum absolute atomic E-state index is 12.4. The molecule has 1 aliphatic rings. The van der Waals surface area contributed by atoms with Crippen molar-refractivity contribution in [2.75, 3.05) is 5.32 Å². The van der Waals surface area contributed by atoms with Crippen molar-refractivity contribution >= 4 is 17.6 Å². The van der Waals surface area contributed by atoms with E-state index in [1.807, 2.05) is 31.2 Å². The van der Waals surface area contributed by atoms with Crippen molar-refractivity contribution < 1.29 is 14.7 Å². The quantitative estimate of drug-likeness (QED) is 0.887. The standard InChI is InChI=1S/C16H21NO3/c1-2-11-7-3-6-10-14(11)17-15(18)12-8-4-5-9-13(12)16(19)20/h3,6-7,10,12-13H,2,4-5,8-9H2,1H3,(H,17,18)(H,19,20)/t12-,13+/m0/s1. The van der Waals surface area contributed by atoms with Gasteiger partial charge in [-0.3, -0.25) is 9.59 Å². The van der Waals surface area contributed by atoms with Crippen LogP contribution in [0.5, 0.6) is 0 Å². The molecule has 2 rings (SSSR count). The van der Waals surface area contributed by atoms with Gasteiger partial charge in [0.1, 0.15) is 0 Å². The summed E-state index contributed by atoms with van der Waals surface area (Å²) in [5.74, 6) is -1.96. The summed E-state index contributed by atoms with van der Waals surface area (Å²) in [5, 5.41) is 12.2. The summed E-state index contributed by atoms with van der Waals surface area (Å²) < 4.78 is 0. The highest BCUT2D eigenvalue weighted by Gasteiger charge is 2.35. The zero-order chi connectivity index (χ0) is 14.5. The van der Waals surface area contributed by atoms with Crippen LogP contribution in [0, 0.1) is 11.8 Å². The highest BCUT2D eigenvalue weighted by atomic mass is 16.4. The lowest BCUT2D eigenvalue weighted by molar-refractivity contribution is -0.147. The van der Waals surface area contributed by atoms with Crippen molar-refractivity contribution in [3.05, 3.63) is 29.8 Å². The number of carbonyl (C=O) groups is 2. The van der Waals surface area contributed by atoms with E-state index in [1.165, 1.54) is 0 Å². The molecular formula is C16H21NO3. The normalized spacial score (nSPS) is 22.2. The minimum Gasteiger partial charge on any atom is -0.481 e. The number of aliphatic carboxylic acids is 1. The summed E-state index contributed by atoms with van der Waals surface area (Å²) >= 11 is 0. The number of nitrogens with one attached hydrogen (secondary N) is 1. The number of amides is 1. The third-order valence-corrected chi connectivity index (χ3v) is 4.08. The number of aryl methyl sites for hydroxylation is 1. The fourth-order valence-electron chi connectivity index (χ4n) is 2.92. The highest BCUT2D eigenvalue weighted by Crippen LogP contribution is 2.31. The molecule has 20 heavy (non-hydrogen) atoms. The molecule has 1 saturated carbocycles. The van der Waals surface area contributed by atoms with Crippen LogP contribution in [-0.4, -0.2) is 17.0 Å². The molecule has 1 amide bonds. The molecule has 0 radical (unpaired) electrons. The lowest BCUT2D eigenvalue weighted by atomic mass is 9.78. The summed E-state index contributed by atoms with van der Waals surface area (Å²) in [6, 6.07) is 7.67. The molecule has 2 N–H and O–H groups in total. The Morgan fingerprint density at radius 2 is 1.85 bits per heavy atom. The molecule has 0 aliphatic heterocycles. The summed E-state index contributed by atoms with van der Waals surface area (Å²) in [5.41, 5.74) is 1.87.